The summed E-state index contributed by atoms with van der Waals surface area (Å²) >= 11 is 0. The summed E-state index contributed by atoms with van der Waals surface area (Å²) in [6, 6.07) is 0. The summed E-state index contributed by atoms with van der Waals surface area (Å²) in [6.45, 7) is 0. The van der Waals surface area contributed by atoms with Gasteiger partial charge >= 0.3 is 0 Å². The zero-order valence-corrected chi connectivity index (χ0v) is 4.75. The average molecular weight is 159 g/mol. The van der Waals surface area contributed by atoms with Crippen LogP contribution in [0.15, 0.2) is 0 Å². The van der Waals surface area contributed by atoms with E-state index in [9.17, 15) is 22.0 Å². The Bertz CT molecular complexity index is 141. The van der Waals surface area contributed by atoms with E-state index >= 15 is 0 Å². The normalized spacial score (nSPS) is 36.3. The van der Waals surface area contributed by atoms with Gasteiger partial charge in [-0.25, -0.2) is 22.0 Å². The fraction of sp³-hybridized carbons (Fsp3) is 0.800. The molecule has 0 N–H and O–H groups in total. The Morgan fingerprint density at radius 3 is 1.80 bits per heavy atom. The second kappa shape index (κ2) is 1.83. The monoisotopic (exact) mass is 159 g/mol. The lowest BCUT2D eigenvalue weighted by Crippen LogP contribution is -2.22. The molecule has 1 rings (SSSR count). The minimum absolute atomic E-state index is 0.257. The van der Waals surface area contributed by atoms with Crippen LogP contribution in [0.5, 0.6) is 0 Å². The van der Waals surface area contributed by atoms with Crippen molar-refractivity contribution in [2.45, 2.75) is 24.4 Å². The van der Waals surface area contributed by atoms with E-state index in [0.717, 1.165) is 0 Å². The number of hydrogen-bond donors (Lipinski definition) is 0. The quantitative estimate of drug-likeness (QED) is 0.475. The molecular weight excluding hydrogens is 155 g/mol. The first-order chi connectivity index (χ1) is 4.33. The van der Waals surface area contributed by atoms with Crippen LogP contribution in [-0.2, 0) is 0 Å². The van der Waals surface area contributed by atoms with Crippen LogP contribution in [0.1, 0.15) is 6.42 Å². The number of hydrogen-bond acceptors (Lipinski definition) is 0. The van der Waals surface area contributed by atoms with Gasteiger partial charge in [0.1, 0.15) is 0 Å². The summed E-state index contributed by atoms with van der Waals surface area (Å²) in [4.78, 5) is 0. The highest BCUT2D eigenvalue weighted by atomic mass is 19.3. The maximum atomic E-state index is 11.9. The Morgan fingerprint density at radius 2 is 1.70 bits per heavy atom. The van der Waals surface area contributed by atoms with Gasteiger partial charge < -0.3 is 0 Å². The van der Waals surface area contributed by atoms with Crippen molar-refractivity contribution in [3.8, 4) is 0 Å². The van der Waals surface area contributed by atoms with Gasteiger partial charge in [0.2, 0.25) is 0 Å². The Hall–Kier alpha value is -0.350. The van der Waals surface area contributed by atoms with Crippen molar-refractivity contribution < 1.29 is 22.0 Å². The van der Waals surface area contributed by atoms with Crippen molar-refractivity contribution >= 4 is 0 Å². The molecule has 1 aliphatic rings. The van der Waals surface area contributed by atoms with Crippen molar-refractivity contribution in [1.29, 1.82) is 0 Å². The largest absolute Gasteiger partial charge is 0.284 e. The first-order valence-electron chi connectivity index (χ1n) is 2.59. The molecule has 0 aromatic rings. The molecule has 1 fully saturated rings. The lowest BCUT2D eigenvalue weighted by atomic mass is 10.3. The van der Waals surface area contributed by atoms with Gasteiger partial charge in [-0.15, -0.1) is 0 Å². The minimum Gasteiger partial charge on any atom is -0.240 e. The summed E-state index contributed by atoms with van der Waals surface area (Å²) in [6.07, 6.45) is -4.77. The summed E-state index contributed by atoms with van der Waals surface area (Å²) in [5.41, 5.74) is 0. The molecule has 0 amide bonds. The van der Waals surface area contributed by atoms with E-state index in [2.05, 4.69) is 0 Å². The molecule has 0 saturated heterocycles. The molecule has 1 atom stereocenters. The van der Waals surface area contributed by atoms with Gasteiger partial charge in [-0.05, 0) is 0 Å². The molecule has 0 heterocycles. The molecule has 5 heteroatoms. The van der Waals surface area contributed by atoms with Gasteiger partial charge in [0.05, 0.1) is 12.8 Å². The fourth-order valence-electron chi connectivity index (χ4n) is 0.807. The van der Waals surface area contributed by atoms with E-state index < -0.39 is 24.4 Å². The van der Waals surface area contributed by atoms with Gasteiger partial charge in [0, 0.05) is 0 Å². The molecule has 0 aromatic heterocycles. The smallest absolute Gasteiger partial charge is 0.240 e. The van der Waals surface area contributed by atoms with E-state index in [1.54, 1.807) is 0 Å². The summed E-state index contributed by atoms with van der Waals surface area (Å²) < 4.78 is 59.6. The predicted molar refractivity (Wildman–Crippen MR) is 23.7 cm³/mol. The minimum atomic E-state index is -3.89. The zero-order chi connectivity index (χ0) is 7.99. The second-order valence-electron chi connectivity index (χ2n) is 2.27. The summed E-state index contributed by atoms with van der Waals surface area (Å²) in [7, 11) is 0. The van der Waals surface area contributed by atoms with Crippen molar-refractivity contribution in [2.75, 3.05) is 0 Å². The topological polar surface area (TPSA) is 0 Å². The van der Waals surface area contributed by atoms with Crippen LogP contribution in [0, 0.1) is 6.42 Å². The molecule has 1 saturated carbocycles. The molecule has 1 unspecified atom stereocenters. The number of alkyl halides is 5. The Morgan fingerprint density at radius 1 is 1.20 bits per heavy atom. The molecule has 0 nitrogen and oxygen atoms in total. The summed E-state index contributed by atoms with van der Waals surface area (Å²) in [5, 5.41) is 0. The third kappa shape index (κ3) is 1.22. The molecular formula is C5H4F5. The highest BCUT2D eigenvalue weighted by Crippen LogP contribution is 2.45. The molecule has 0 spiro atoms. The van der Waals surface area contributed by atoms with Gasteiger partial charge in [-0.2, -0.15) is 0 Å². The summed E-state index contributed by atoms with van der Waals surface area (Å²) in [5.74, 6) is -7.54. The van der Waals surface area contributed by atoms with Gasteiger partial charge in [-0.1, -0.05) is 0 Å². The van der Waals surface area contributed by atoms with Gasteiger partial charge in [0.25, 0.3) is 11.8 Å². The average Bonchev–Trinajstić information content (AvgIpc) is 1.73. The van der Waals surface area contributed by atoms with Crippen molar-refractivity contribution in [1.82, 2.24) is 0 Å². The van der Waals surface area contributed by atoms with E-state index in [4.69, 9.17) is 0 Å². The van der Waals surface area contributed by atoms with Gasteiger partial charge in [0.15, 0.2) is 6.17 Å². The standard InChI is InChI=1S/C5H4F5/c6-3-1-4(7,8)2-5(3,9)10/h1,3H,2H2. The lowest BCUT2D eigenvalue weighted by Gasteiger charge is -2.08. The highest BCUT2D eigenvalue weighted by Gasteiger charge is 2.59. The fourth-order valence-corrected chi connectivity index (χ4v) is 0.807. The van der Waals surface area contributed by atoms with Crippen molar-refractivity contribution in [3.05, 3.63) is 6.42 Å². The third-order valence-electron chi connectivity index (χ3n) is 1.27. The van der Waals surface area contributed by atoms with E-state index in [-0.39, 0.29) is 6.42 Å². The van der Waals surface area contributed by atoms with Crippen LogP contribution in [0.3, 0.4) is 0 Å². The zero-order valence-electron chi connectivity index (χ0n) is 4.75. The SMILES string of the molecule is FC1[CH]C(F)(F)CC1(F)F. The van der Waals surface area contributed by atoms with Crippen molar-refractivity contribution in [3.63, 3.8) is 0 Å². The molecule has 10 heavy (non-hydrogen) atoms. The third-order valence-corrected chi connectivity index (χ3v) is 1.27. The molecule has 0 aromatic carbocycles. The first-order valence-corrected chi connectivity index (χ1v) is 2.59. The molecule has 0 bridgehead atoms. The lowest BCUT2D eigenvalue weighted by molar-refractivity contribution is -0.0707. The maximum absolute atomic E-state index is 11.9. The van der Waals surface area contributed by atoms with Crippen LogP contribution >= 0.6 is 0 Å². The van der Waals surface area contributed by atoms with Crippen molar-refractivity contribution in [2.24, 2.45) is 0 Å². The van der Waals surface area contributed by atoms with E-state index in [0.29, 0.717) is 0 Å². The van der Waals surface area contributed by atoms with E-state index in [1.165, 1.54) is 0 Å². The Balaban J connectivity index is 2.71. The molecule has 1 radical (unpaired) electrons. The highest BCUT2D eigenvalue weighted by molar-refractivity contribution is 5.07. The van der Waals surface area contributed by atoms with Crippen LogP contribution in [0.25, 0.3) is 0 Å². The molecule has 1 aliphatic carbocycles. The molecule has 0 aliphatic heterocycles. The van der Waals surface area contributed by atoms with Crippen LogP contribution in [0.4, 0.5) is 22.0 Å². The van der Waals surface area contributed by atoms with Crippen LogP contribution in [-0.4, -0.2) is 18.0 Å². The van der Waals surface area contributed by atoms with Crippen LogP contribution in [0.2, 0.25) is 0 Å². The Kier molecular flexibility index (Phi) is 1.42. The predicted octanol–water partition coefficient (Wildman–Crippen LogP) is 2.20. The second-order valence-corrected chi connectivity index (χ2v) is 2.27. The number of halogens is 5. The van der Waals surface area contributed by atoms with Gasteiger partial charge in [-0.3, -0.25) is 0 Å². The van der Waals surface area contributed by atoms with Crippen LogP contribution < -0.4 is 0 Å². The molecule has 59 valence electrons. The first kappa shape index (κ1) is 7.75. The Labute approximate surface area is 54.0 Å². The maximum Gasteiger partial charge on any atom is 0.284 e. The number of rotatable bonds is 0. The van der Waals surface area contributed by atoms with E-state index in [1.807, 2.05) is 0 Å².